The van der Waals surface area contributed by atoms with Crippen LogP contribution in [0.2, 0.25) is 0 Å². The third kappa shape index (κ3) is 2.45. The number of amides is 1. The first kappa shape index (κ1) is 14.6. The number of nitrogens with zero attached hydrogens (tertiary/aromatic N) is 3. The first-order valence-corrected chi connectivity index (χ1v) is 6.78. The number of carbonyl (C=O) groups excluding carboxylic acids is 1. The molecule has 1 aromatic heterocycles. The molecule has 0 aliphatic carbocycles. The largest absolute Gasteiger partial charge is 0.378 e. The van der Waals surface area contributed by atoms with Crippen molar-refractivity contribution in [1.82, 2.24) is 9.97 Å². The molecule has 1 fully saturated rings. The van der Waals surface area contributed by atoms with Gasteiger partial charge in [0.15, 0.2) is 17.2 Å². The molecule has 3 N–H and O–H groups in total. The highest BCUT2D eigenvalue weighted by Crippen LogP contribution is 2.26. The van der Waals surface area contributed by atoms with Crippen LogP contribution < -0.4 is 10.6 Å². The molecule has 3 rings (SSSR count). The summed E-state index contributed by atoms with van der Waals surface area (Å²) in [6.45, 7) is 0.547. The van der Waals surface area contributed by atoms with Crippen LogP contribution in [-0.4, -0.2) is 39.7 Å². The highest BCUT2D eigenvalue weighted by Gasteiger charge is 2.39. The van der Waals surface area contributed by atoms with E-state index < -0.39 is 23.1 Å². The van der Waals surface area contributed by atoms with Gasteiger partial charge in [-0.05, 0) is 12.8 Å². The molecule has 0 spiro atoms. The van der Waals surface area contributed by atoms with Crippen LogP contribution in [0, 0.1) is 11.6 Å². The minimum absolute atomic E-state index is 0.00774. The molecule has 1 saturated heterocycles. The average molecular weight is 308 g/mol. The molecular weight excluding hydrogens is 294 g/mol. The van der Waals surface area contributed by atoms with Crippen molar-refractivity contribution in [3.05, 3.63) is 30.0 Å². The maximum absolute atomic E-state index is 13.3. The Morgan fingerprint density at radius 1 is 1.32 bits per heavy atom. The molecule has 1 amide bonds. The summed E-state index contributed by atoms with van der Waals surface area (Å²) >= 11 is 0. The molecule has 2 aromatic rings. The number of rotatable bonds is 2. The van der Waals surface area contributed by atoms with Gasteiger partial charge in [-0.15, -0.1) is 0 Å². The number of primary amides is 1. The lowest BCUT2D eigenvalue weighted by Crippen LogP contribution is -2.56. The van der Waals surface area contributed by atoms with Crippen LogP contribution in [-0.2, 0) is 4.79 Å². The summed E-state index contributed by atoms with van der Waals surface area (Å²) in [6, 6.07) is 1.93. The Bertz CT molecular complexity index is 755. The molecule has 1 aliphatic rings. The van der Waals surface area contributed by atoms with Gasteiger partial charge in [0.05, 0.1) is 23.8 Å². The predicted molar refractivity (Wildman–Crippen MR) is 75.0 cm³/mol. The number of hydrogen-bond donors (Lipinski definition) is 2. The highest BCUT2D eigenvalue weighted by molar-refractivity contribution is 5.84. The van der Waals surface area contributed by atoms with E-state index in [-0.39, 0.29) is 24.0 Å². The van der Waals surface area contributed by atoms with Gasteiger partial charge in [-0.25, -0.2) is 13.8 Å². The molecule has 116 valence electrons. The van der Waals surface area contributed by atoms with Crippen LogP contribution in [0.1, 0.15) is 12.8 Å². The fourth-order valence-corrected chi connectivity index (χ4v) is 2.58. The van der Waals surface area contributed by atoms with Crippen molar-refractivity contribution in [2.24, 2.45) is 5.73 Å². The Morgan fingerprint density at radius 3 is 2.68 bits per heavy atom. The third-order valence-corrected chi connectivity index (χ3v) is 3.83. The summed E-state index contributed by atoms with van der Waals surface area (Å²) in [4.78, 5) is 21.3. The molecule has 2 heterocycles. The Kier molecular flexibility index (Phi) is 3.40. The van der Waals surface area contributed by atoms with Crippen LogP contribution >= 0.6 is 0 Å². The van der Waals surface area contributed by atoms with Crippen LogP contribution in [0.3, 0.4) is 0 Å². The molecule has 6 nitrogen and oxygen atoms in total. The van der Waals surface area contributed by atoms with Crippen molar-refractivity contribution < 1.29 is 18.7 Å². The van der Waals surface area contributed by atoms with Crippen LogP contribution in [0.4, 0.5) is 14.6 Å². The number of fused-ring (bicyclic) bond motifs is 1. The lowest BCUT2D eigenvalue weighted by molar-refractivity contribution is -0.137. The van der Waals surface area contributed by atoms with Gasteiger partial charge in [-0.2, -0.15) is 0 Å². The summed E-state index contributed by atoms with van der Waals surface area (Å²) in [6.07, 6.45) is 2.23. The summed E-state index contributed by atoms with van der Waals surface area (Å²) in [5.74, 6) is -2.42. The van der Waals surface area contributed by atoms with E-state index in [9.17, 15) is 18.7 Å². The van der Waals surface area contributed by atoms with Gasteiger partial charge in [-0.3, -0.25) is 9.78 Å². The summed E-state index contributed by atoms with van der Waals surface area (Å²) in [5.41, 5.74) is 4.03. The van der Waals surface area contributed by atoms with Crippen LogP contribution in [0.5, 0.6) is 0 Å². The Labute approximate surface area is 124 Å². The van der Waals surface area contributed by atoms with Gasteiger partial charge >= 0.3 is 0 Å². The zero-order valence-corrected chi connectivity index (χ0v) is 11.6. The molecule has 1 aliphatic heterocycles. The first-order valence-electron chi connectivity index (χ1n) is 6.78. The van der Waals surface area contributed by atoms with E-state index in [1.165, 1.54) is 6.20 Å². The molecule has 1 aromatic carbocycles. The van der Waals surface area contributed by atoms with Gasteiger partial charge in [0.1, 0.15) is 5.82 Å². The smallest absolute Gasteiger partial charge is 0.251 e. The predicted octanol–water partition coefficient (Wildman–Crippen LogP) is 0.725. The summed E-state index contributed by atoms with van der Waals surface area (Å²) < 4.78 is 26.5. The lowest BCUT2D eigenvalue weighted by atomic mass is 9.92. The zero-order valence-electron chi connectivity index (χ0n) is 11.6. The number of halogens is 2. The van der Waals surface area contributed by atoms with E-state index in [0.29, 0.717) is 18.8 Å². The first-order chi connectivity index (χ1) is 10.4. The Hall–Kier alpha value is -2.35. The van der Waals surface area contributed by atoms with Crippen molar-refractivity contribution in [2.75, 3.05) is 18.0 Å². The van der Waals surface area contributed by atoms with Gasteiger partial charge in [0, 0.05) is 18.7 Å². The maximum Gasteiger partial charge on any atom is 0.251 e. The monoisotopic (exact) mass is 308 g/mol. The second kappa shape index (κ2) is 5.13. The number of β-amino-alcohol motifs (C(OH)–C–C–N with tert-alkyl or cyclic N) is 1. The molecule has 1 atom stereocenters. The SMILES string of the molecule is NC(=O)C1(O)CCCN(c2cnc3cc(F)c(F)cc3n2)C1. The molecule has 0 radical (unpaired) electrons. The van der Waals surface area contributed by atoms with Crippen LogP contribution in [0.15, 0.2) is 18.3 Å². The zero-order chi connectivity index (χ0) is 15.9. The number of hydrogen-bond acceptors (Lipinski definition) is 5. The molecule has 8 heteroatoms. The third-order valence-electron chi connectivity index (χ3n) is 3.83. The van der Waals surface area contributed by atoms with Gasteiger partial charge in [0.25, 0.3) is 5.91 Å². The molecule has 1 unspecified atom stereocenters. The van der Waals surface area contributed by atoms with Crippen LogP contribution in [0.25, 0.3) is 11.0 Å². The molecule has 22 heavy (non-hydrogen) atoms. The van der Waals surface area contributed by atoms with Gasteiger partial charge in [0.2, 0.25) is 0 Å². The fourth-order valence-electron chi connectivity index (χ4n) is 2.58. The number of piperidine rings is 1. The lowest BCUT2D eigenvalue weighted by Gasteiger charge is -2.37. The minimum atomic E-state index is -1.62. The van der Waals surface area contributed by atoms with Crippen molar-refractivity contribution in [3.63, 3.8) is 0 Å². The van der Waals surface area contributed by atoms with Crippen molar-refractivity contribution >= 4 is 22.8 Å². The Balaban J connectivity index is 1.96. The summed E-state index contributed by atoms with van der Waals surface area (Å²) in [5, 5.41) is 10.2. The topological polar surface area (TPSA) is 92.3 Å². The molecule has 0 bridgehead atoms. The van der Waals surface area contributed by atoms with E-state index in [0.717, 1.165) is 12.1 Å². The minimum Gasteiger partial charge on any atom is -0.378 e. The summed E-state index contributed by atoms with van der Waals surface area (Å²) in [7, 11) is 0. The highest BCUT2D eigenvalue weighted by atomic mass is 19.2. The Morgan fingerprint density at radius 2 is 2.00 bits per heavy atom. The number of benzene rings is 1. The van der Waals surface area contributed by atoms with Gasteiger partial charge in [-0.1, -0.05) is 0 Å². The number of nitrogens with two attached hydrogens (primary N) is 1. The number of aliphatic hydroxyl groups is 1. The fraction of sp³-hybridized carbons (Fsp3) is 0.357. The standard InChI is InChI=1S/C14H14F2N4O2/c15-8-4-10-11(5-9(8)16)19-12(6-18-10)20-3-1-2-14(22,7-20)13(17)21/h4-6,22H,1-3,7H2,(H2,17,21). The second-order valence-corrected chi connectivity index (χ2v) is 5.40. The molecular formula is C14H14F2N4O2. The van der Waals surface area contributed by atoms with E-state index >= 15 is 0 Å². The average Bonchev–Trinajstić information content (AvgIpc) is 2.48. The van der Waals surface area contributed by atoms with E-state index in [1.807, 2.05) is 0 Å². The van der Waals surface area contributed by atoms with E-state index in [4.69, 9.17) is 5.73 Å². The number of anilines is 1. The number of aromatic nitrogens is 2. The number of carbonyl (C=O) groups is 1. The van der Waals surface area contributed by atoms with Gasteiger partial charge < -0.3 is 15.7 Å². The van der Waals surface area contributed by atoms with Crippen molar-refractivity contribution in [2.45, 2.75) is 18.4 Å². The van der Waals surface area contributed by atoms with Crippen molar-refractivity contribution in [1.29, 1.82) is 0 Å². The normalized spacial score (nSPS) is 22.0. The van der Waals surface area contributed by atoms with E-state index in [1.54, 1.807) is 4.90 Å². The van der Waals surface area contributed by atoms with Crippen molar-refractivity contribution in [3.8, 4) is 0 Å². The maximum atomic E-state index is 13.3. The van der Waals surface area contributed by atoms with E-state index in [2.05, 4.69) is 9.97 Å². The second-order valence-electron chi connectivity index (χ2n) is 5.40. The molecule has 0 saturated carbocycles. The quantitative estimate of drug-likeness (QED) is 0.853.